The molecule has 10 heteroatoms. The summed E-state index contributed by atoms with van der Waals surface area (Å²) in [7, 11) is 0. The number of carbonyl (C=O) groups is 2. The molecule has 2 aromatic heterocycles. The molecule has 0 amide bonds. The number of benzene rings is 4. The average molecular weight is 575 g/mol. The van der Waals surface area contributed by atoms with Crippen molar-refractivity contribution in [2.45, 2.75) is 0 Å². The van der Waals surface area contributed by atoms with Crippen LogP contribution in [-0.2, 0) is 0 Å². The molecule has 0 fully saturated rings. The number of hydrogen-bond acceptors (Lipinski definition) is 6. The first kappa shape index (κ1) is 32.8. The fourth-order valence-corrected chi connectivity index (χ4v) is 4.27. The maximum atomic E-state index is 11.2. The maximum absolute atomic E-state index is 11.2. The largest absolute Gasteiger partial charge is 1.00 e. The molecule has 0 saturated heterocycles. The standard InChI is InChI=1S/2C16H11NO3.2Na/c2*18-15-8-6-13-9-12(5-7-14(13)17-15)10-1-3-11(4-2-10)16(19)20;;/h2*1-9H,(H,17,18)(H,19,20);;/q;;2*+1/p-2. The Kier molecular flexibility index (Phi) is 11.2. The Morgan fingerprint density at radius 3 is 1.12 bits per heavy atom. The molecule has 196 valence electrons. The summed E-state index contributed by atoms with van der Waals surface area (Å²) in [6, 6.07) is 30.8. The summed E-state index contributed by atoms with van der Waals surface area (Å²) in [5, 5.41) is 23.3. The fourth-order valence-electron chi connectivity index (χ4n) is 4.27. The molecule has 0 atom stereocenters. The second-order valence-electron chi connectivity index (χ2n) is 8.98. The van der Waals surface area contributed by atoms with E-state index < -0.39 is 11.9 Å². The minimum Gasteiger partial charge on any atom is -0.545 e. The van der Waals surface area contributed by atoms with Crippen molar-refractivity contribution in [1.82, 2.24) is 9.97 Å². The van der Waals surface area contributed by atoms with Crippen molar-refractivity contribution in [2.24, 2.45) is 0 Å². The van der Waals surface area contributed by atoms with E-state index in [0.29, 0.717) is 0 Å². The number of H-pyrrole nitrogens is 2. The molecule has 4 aromatic carbocycles. The first-order valence-corrected chi connectivity index (χ1v) is 12.2. The Morgan fingerprint density at radius 1 is 0.452 bits per heavy atom. The zero-order valence-electron chi connectivity index (χ0n) is 22.8. The molecule has 0 saturated carbocycles. The zero-order chi connectivity index (χ0) is 28.2. The molecule has 0 aliphatic carbocycles. The van der Waals surface area contributed by atoms with Gasteiger partial charge in [0.1, 0.15) is 0 Å². The molecule has 0 bridgehead atoms. The van der Waals surface area contributed by atoms with Crippen LogP contribution in [0, 0.1) is 0 Å². The van der Waals surface area contributed by atoms with E-state index in [1.807, 2.05) is 36.4 Å². The van der Waals surface area contributed by atoms with Crippen LogP contribution in [0.15, 0.2) is 119 Å². The van der Waals surface area contributed by atoms with Crippen LogP contribution in [0.2, 0.25) is 0 Å². The second-order valence-corrected chi connectivity index (χ2v) is 8.98. The normalized spacial score (nSPS) is 10.1. The van der Waals surface area contributed by atoms with Gasteiger partial charge in [-0.3, -0.25) is 9.59 Å². The van der Waals surface area contributed by atoms with Gasteiger partial charge >= 0.3 is 59.1 Å². The van der Waals surface area contributed by atoms with Gasteiger partial charge in [0, 0.05) is 23.2 Å². The molecule has 8 nitrogen and oxygen atoms in total. The minimum absolute atomic E-state index is 0. The molecule has 42 heavy (non-hydrogen) atoms. The molecule has 2 heterocycles. The maximum Gasteiger partial charge on any atom is 1.00 e. The fraction of sp³-hybridized carbons (Fsp3) is 0. The number of rotatable bonds is 4. The zero-order valence-corrected chi connectivity index (χ0v) is 26.8. The van der Waals surface area contributed by atoms with Crippen LogP contribution >= 0.6 is 0 Å². The topological polar surface area (TPSA) is 146 Å². The number of pyridine rings is 2. The minimum atomic E-state index is -1.19. The van der Waals surface area contributed by atoms with E-state index in [4.69, 9.17) is 0 Å². The van der Waals surface area contributed by atoms with Crippen molar-refractivity contribution in [1.29, 1.82) is 0 Å². The van der Waals surface area contributed by atoms with Gasteiger partial charge in [0.05, 0.1) is 11.9 Å². The van der Waals surface area contributed by atoms with E-state index in [1.165, 1.54) is 36.4 Å². The van der Waals surface area contributed by atoms with Crippen molar-refractivity contribution in [3.05, 3.63) is 141 Å². The number of aromatic nitrogens is 2. The van der Waals surface area contributed by atoms with Crippen molar-refractivity contribution in [3.8, 4) is 22.3 Å². The van der Waals surface area contributed by atoms with Gasteiger partial charge in [0.25, 0.3) is 0 Å². The van der Waals surface area contributed by atoms with Crippen molar-refractivity contribution >= 4 is 33.7 Å². The second kappa shape index (κ2) is 14.4. The predicted molar refractivity (Wildman–Crippen MR) is 149 cm³/mol. The summed E-state index contributed by atoms with van der Waals surface area (Å²) in [4.78, 5) is 49.4. The van der Waals surface area contributed by atoms with Crippen molar-refractivity contribution in [2.75, 3.05) is 0 Å². The van der Waals surface area contributed by atoms with Crippen LogP contribution in [0.1, 0.15) is 20.7 Å². The van der Waals surface area contributed by atoms with Gasteiger partial charge in [-0.25, -0.2) is 0 Å². The van der Waals surface area contributed by atoms with Gasteiger partial charge in [-0.1, -0.05) is 60.7 Å². The predicted octanol–water partition coefficient (Wildman–Crippen LogP) is -2.87. The first-order valence-electron chi connectivity index (χ1n) is 12.2. The summed E-state index contributed by atoms with van der Waals surface area (Å²) < 4.78 is 0. The molecular formula is C32H20N2Na2O6. The quantitative estimate of drug-likeness (QED) is 0.217. The molecule has 2 N–H and O–H groups in total. The molecule has 0 aliphatic rings. The van der Waals surface area contributed by atoms with Gasteiger partial charge in [-0.15, -0.1) is 0 Å². The molecule has 0 radical (unpaired) electrons. The Bertz CT molecular complexity index is 1850. The summed E-state index contributed by atoms with van der Waals surface area (Å²) in [6.45, 7) is 0. The third kappa shape index (κ3) is 7.74. The smallest absolute Gasteiger partial charge is 0.545 e. The molecular weight excluding hydrogens is 554 g/mol. The number of aromatic carboxylic acids is 2. The SMILES string of the molecule is O=C([O-])c1ccc(-c2ccc3[nH]c(=O)ccc3c2)cc1.O=C([O-])c1ccc(-c2ccc3[nH]c(=O)ccc3c2)cc1.[Na+].[Na+]. The molecule has 0 unspecified atom stereocenters. The molecule has 6 rings (SSSR count). The van der Waals surface area contributed by atoms with E-state index in [9.17, 15) is 29.4 Å². The first-order chi connectivity index (χ1) is 19.3. The average Bonchev–Trinajstić information content (AvgIpc) is 2.97. The number of carboxylic acid groups (broad SMARTS) is 2. The van der Waals surface area contributed by atoms with Gasteiger partial charge in [-0.2, -0.15) is 0 Å². The van der Waals surface area contributed by atoms with Gasteiger partial charge < -0.3 is 29.8 Å². The number of nitrogens with one attached hydrogen (secondary N) is 2. The van der Waals surface area contributed by atoms with Crippen molar-refractivity contribution < 1.29 is 78.9 Å². The van der Waals surface area contributed by atoms with Crippen LogP contribution in [0.5, 0.6) is 0 Å². The van der Waals surface area contributed by atoms with Gasteiger partial charge in [0.15, 0.2) is 0 Å². The number of carboxylic acids is 2. The third-order valence-electron chi connectivity index (χ3n) is 6.36. The summed E-state index contributed by atoms with van der Waals surface area (Å²) in [5.74, 6) is -2.37. The monoisotopic (exact) mass is 574 g/mol. The number of carbonyl (C=O) groups excluding carboxylic acids is 2. The van der Waals surface area contributed by atoms with Crippen LogP contribution in [0.25, 0.3) is 44.1 Å². The summed E-state index contributed by atoms with van der Waals surface area (Å²) >= 11 is 0. The number of aromatic amines is 2. The summed E-state index contributed by atoms with van der Waals surface area (Å²) in [5.41, 5.74) is 5.29. The van der Waals surface area contributed by atoms with E-state index in [-0.39, 0.29) is 81.4 Å². The summed E-state index contributed by atoms with van der Waals surface area (Å²) in [6.07, 6.45) is 0. The Labute approximate surface area is 283 Å². The Hall–Kier alpha value is -3.76. The van der Waals surface area contributed by atoms with Crippen LogP contribution in [0.3, 0.4) is 0 Å². The van der Waals surface area contributed by atoms with Crippen molar-refractivity contribution in [3.63, 3.8) is 0 Å². The third-order valence-corrected chi connectivity index (χ3v) is 6.36. The van der Waals surface area contributed by atoms with E-state index in [0.717, 1.165) is 44.1 Å². The van der Waals surface area contributed by atoms with Gasteiger partial charge in [0.2, 0.25) is 11.1 Å². The molecule has 0 aliphatic heterocycles. The van der Waals surface area contributed by atoms with Crippen LogP contribution in [0.4, 0.5) is 0 Å². The van der Waals surface area contributed by atoms with E-state index in [2.05, 4.69) is 9.97 Å². The van der Waals surface area contributed by atoms with Crippen LogP contribution in [-0.4, -0.2) is 21.9 Å². The van der Waals surface area contributed by atoms with Gasteiger partial charge in [-0.05, 0) is 80.6 Å². The molecule has 0 spiro atoms. The number of fused-ring (bicyclic) bond motifs is 2. The number of hydrogen-bond donors (Lipinski definition) is 2. The van der Waals surface area contributed by atoms with Crippen LogP contribution < -0.4 is 80.4 Å². The Morgan fingerprint density at radius 2 is 0.786 bits per heavy atom. The van der Waals surface area contributed by atoms with E-state index >= 15 is 0 Å². The Balaban J connectivity index is 0.000000220. The molecule has 6 aromatic rings. The van der Waals surface area contributed by atoms with E-state index in [1.54, 1.807) is 36.4 Å².